The average Bonchev–Trinajstić information content (AvgIpc) is 3.23. The molecule has 6 heteroatoms. The molecule has 0 bridgehead atoms. The summed E-state index contributed by atoms with van der Waals surface area (Å²) in [7, 11) is 0. The highest BCUT2D eigenvalue weighted by molar-refractivity contribution is 7.13. The zero-order valence-electron chi connectivity index (χ0n) is 14.6. The van der Waals surface area contributed by atoms with Crippen molar-refractivity contribution in [1.82, 2.24) is 4.98 Å². The Balaban J connectivity index is 1.56. The second kappa shape index (κ2) is 7.78. The molecule has 1 heterocycles. The van der Waals surface area contributed by atoms with Gasteiger partial charge >= 0.3 is 0 Å². The fraction of sp³-hybridized carbons (Fsp3) is 0.421. The fourth-order valence-electron chi connectivity index (χ4n) is 3.07. The smallest absolute Gasteiger partial charge is 0.230 e. The molecule has 25 heavy (non-hydrogen) atoms. The Kier molecular flexibility index (Phi) is 5.48. The van der Waals surface area contributed by atoms with Gasteiger partial charge in [-0.25, -0.2) is 4.98 Å². The van der Waals surface area contributed by atoms with Crippen molar-refractivity contribution < 1.29 is 9.59 Å². The van der Waals surface area contributed by atoms with Gasteiger partial charge in [0.2, 0.25) is 11.8 Å². The molecule has 0 aliphatic heterocycles. The molecule has 1 aromatic carbocycles. The lowest BCUT2D eigenvalue weighted by Gasteiger charge is -2.09. The highest BCUT2D eigenvalue weighted by atomic mass is 32.1. The van der Waals surface area contributed by atoms with Crippen LogP contribution in [0.3, 0.4) is 0 Å². The van der Waals surface area contributed by atoms with E-state index in [9.17, 15) is 9.59 Å². The highest BCUT2D eigenvalue weighted by Crippen LogP contribution is 2.27. The number of aromatic nitrogens is 1. The zero-order chi connectivity index (χ0) is 17.8. The van der Waals surface area contributed by atoms with Crippen LogP contribution in [-0.2, 0) is 16.0 Å². The number of nitrogens with zero attached hydrogens (tertiary/aromatic N) is 1. The van der Waals surface area contributed by atoms with E-state index in [2.05, 4.69) is 15.6 Å². The third kappa shape index (κ3) is 4.66. The maximum absolute atomic E-state index is 12.3. The molecule has 2 aromatic rings. The number of anilines is 2. The number of hydrogen-bond donors (Lipinski definition) is 2. The Labute approximate surface area is 151 Å². The SMILES string of the molecule is Cc1ccc(C)c(NC(=O)Cc2csc(NC(=O)C3CCCC3)n2)c1. The molecule has 0 unspecified atom stereocenters. The van der Waals surface area contributed by atoms with Crippen molar-refractivity contribution in [1.29, 1.82) is 0 Å². The lowest BCUT2D eigenvalue weighted by Crippen LogP contribution is -2.20. The first-order valence-corrected chi connectivity index (χ1v) is 9.51. The molecule has 1 fully saturated rings. The number of aryl methyl sites for hydroxylation is 2. The van der Waals surface area contributed by atoms with Gasteiger partial charge in [-0.3, -0.25) is 9.59 Å². The number of hydrogen-bond acceptors (Lipinski definition) is 4. The third-order valence-electron chi connectivity index (χ3n) is 4.52. The van der Waals surface area contributed by atoms with Crippen LogP contribution in [0.25, 0.3) is 0 Å². The van der Waals surface area contributed by atoms with E-state index >= 15 is 0 Å². The van der Waals surface area contributed by atoms with Gasteiger partial charge in [-0.05, 0) is 43.9 Å². The summed E-state index contributed by atoms with van der Waals surface area (Å²) in [6, 6.07) is 5.97. The minimum atomic E-state index is -0.104. The van der Waals surface area contributed by atoms with Gasteiger partial charge in [-0.1, -0.05) is 25.0 Å². The molecular weight excluding hydrogens is 334 g/mol. The quantitative estimate of drug-likeness (QED) is 0.847. The number of benzene rings is 1. The van der Waals surface area contributed by atoms with Gasteiger partial charge in [0, 0.05) is 17.0 Å². The van der Waals surface area contributed by atoms with Crippen molar-refractivity contribution in [2.24, 2.45) is 5.92 Å². The normalized spacial score (nSPS) is 14.5. The van der Waals surface area contributed by atoms with Crippen LogP contribution < -0.4 is 10.6 Å². The Bertz CT molecular complexity index is 779. The summed E-state index contributed by atoms with van der Waals surface area (Å²) >= 11 is 1.37. The van der Waals surface area contributed by atoms with Crippen LogP contribution in [0.15, 0.2) is 23.6 Å². The molecule has 1 aliphatic rings. The monoisotopic (exact) mass is 357 g/mol. The van der Waals surface area contributed by atoms with Gasteiger partial charge in [-0.15, -0.1) is 11.3 Å². The third-order valence-corrected chi connectivity index (χ3v) is 5.32. The number of rotatable bonds is 5. The predicted molar refractivity (Wildman–Crippen MR) is 101 cm³/mol. The lowest BCUT2D eigenvalue weighted by molar-refractivity contribution is -0.119. The second-order valence-electron chi connectivity index (χ2n) is 6.66. The molecule has 3 rings (SSSR count). The number of thiazole rings is 1. The molecular formula is C19H23N3O2S. The van der Waals surface area contributed by atoms with Crippen LogP contribution in [-0.4, -0.2) is 16.8 Å². The summed E-state index contributed by atoms with van der Waals surface area (Å²) in [5.41, 5.74) is 3.64. The molecule has 0 saturated heterocycles. The van der Waals surface area contributed by atoms with Crippen molar-refractivity contribution >= 4 is 34.0 Å². The van der Waals surface area contributed by atoms with E-state index in [4.69, 9.17) is 0 Å². The summed E-state index contributed by atoms with van der Waals surface area (Å²) in [5.74, 6) is 0.0610. The number of nitrogens with one attached hydrogen (secondary N) is 2. The van der Waals surface area contributed by atoms with Gasteiger partial charge in [0.25, 0.3) is 0 Å². The van der Waals surface area contributed by atoms with Crippen LogP contribution in [0.4, 0.5) is 10.8 Å². The van der Waals surface area contributed by atoms with Crippen LogP contribution in [0.5, 0.6) is 0 Å². The highest BCUT2D eigenvalue weighted by Gasteiger charge is 2.23. The molecule has 132 valence electrons. The topological polar surface area (TPSA) is 71.1 Å². The fourth-order valence-corrected chi connectivity index (χ4v) is 3.78. The average molecular weight is 357 g/mol. The maximum Gasteiger partial charge on any atom is 0.230 e. The summed E-state index contributed by atoms with van der Waals surface area (Å²) in [6.07, 6.45) is 4.37. The molecule has 1 saturated carbocycles. The predicted octanol–water partition coefficient (Wildman–Crippen LogP) is 4.07. The first-order valence-electron chi connectivity index (χ1n) is 8.63. The van der Waals surface area contributed by atoms with E-state index in [0.717, 1.165) is 42.5 Å². The van der Waals surface area contributed by atoms with Gasteiger partial charge in [-0.2, -0.15) is 0 Å². The lowest BCUT2D eigenvalue weighted by atomic mass is 10.1. The maximum atomic E-state index is 12.3. The molecule has 0 radical (unpaired) electrons. The van der Waals surface area contributed by atoms with E-state index in [1.54, 1.807) is 0 Å². The molecule has 2 N–H and O–H groups in total. The van der Waals surface area contributed by atoms with Crippen LogP contribution >= 0.6 is 11.3 Å². The van der Waals surface area contributed by atoms with Crippen LogP contribution in [0.2, 0.25) is 0 Å². The molecule has 1 aromatic heterocycles. The molecule has 2 amide bonds. The van der Waals surface area contributed by atoms with Crippen LogP contribution in [0, 0.1) is 19.8 Å². The van der Waals surface area contributed by atoms with Crippen molar-refractivity contribution in [3.8, 4) is 0 Å². The standard InChI is InChI=1S/C19H23N3O2S/c1-12-7-8-13(2)16(9-12)21-17(23)10-15-11-25-19(20-15)22-18(24)14-5-3-4-6-14/h7-9,11,14H,3-6,10H2,1-2H3,(H,21,23)(H,20,22,24). The number of amides is 2. The van der Waals surface area contributed by atoms with Gasteiger partial charge in [0.15, 0.2) is 5.13 Å². The first kappa shape index (κ1) is 17.6. The van der Waals surface area contributed by atoms with Gasteiger partial charge in [0.05, 0.1) is 12.1 Å². The van der Waals surface area contributed by atoms with Crippen molar-refractivity contribution in [3.05, 3.63) is 40.4 Å². The van der Waals surface area contributed by atoms with E-state index in [1.165, 1.54) is 11.3 Å². The summed E-state index contributed by atoms with van der Waals surface area (Å²) in [4.78, 5) is 28.8. The van der Waals surface area contributed by atoms with Crippen molar-refractivity contribution in [2.45, 2.75) is 46.0 Å². The first-order chi connectivity index (χ1) is 12.0. The van der Waals surface area contributed by atoms with E-state index < -0.39 is 0 Å². The van der Waals surface area contributed by atoms with Gasteiger partial charge < -0.3 is 10.6 Å². The molecule has 0 spiro atoms. The summed E-state index contributed by atoms with van der Waals surface area (Å²) < 4.78 is 0. The van der Waals surface area contributed by atoms with E-state index in [0.29, 0.717) is 10.8 Å². The minimum absolute atomic E-state index is 0.0539. The van der Waals surface area contributed by atoms with E-state index in [-0.39, 0.29) is 24.2 Å². The van der Waals surface area contributed by atoms with Crippen molar-refractivity contribution in [3.63, 3.8) is 0 Å². The summed E-state index contributed by atoms with van der Waals surface area (Å²) in [6.45, 7) is 3.96. The second-order valence-corrected chi connectivity index (χ2v) is 7.52. The minimum Gasteiger partial charge on any atom is -0.325 e. The Morgan fingerprint density at radius 3 is 2.72 bits per heavy atom. The summed E-state index contributed by atoms with van der Waals surface area (Å²) in [5, 5.41) is 8.21. The Hall–Kier alpha value is -2.21. The van der Waals surface area contributed by atoms with E-state index in [1.807, 2.05) is 37.4 Å². The zero-order valence-corrected chi connectivity index (χ0v) is 15.4. The number of carbonyl (C=O) groups is 2. The molecule has 1 aliphatic carbocycles. The van der Waals surface area contributed by atoms with Crippen molar-refractivity contribution in [2.75, 3.05) is 10.6 Å². The Morgan fingerprint density at radius 2 is 1.96 bits per heavy atom. The molecule has 0 atom stereocenters. The largest absolute Gasteiger partial charge is 0.325 e. The van der Waals surface area contributed by atoms with Gasteiger partial charge in [0.1, 0.15) is 0 Å². The van der Waals surface area contributed by atoms with Crippen LogP contribution in [0.1, 0.15) is 42.5 Å². The number of carbonyl (C=O) groups excluding carboxylic acids is 2. The Morgan fingerprint density at radius 1 is 1.20 bits per heavy atom. The molecule has 5 nitrogen and oxygen atoms in total.